The Balaban J connectivity index is 2.00. The molecule has 1 amide bonds. The number of amides is 1. The molecule has 1 fully saturated rings. The van der Waals surface area contributed by atoms with Crippen LogP contribution in [0.1, 0.15) is 22.9 Å². The van der Waals surface area contributed by atoms with Gasteiger partial charge in [-0.3, -0.25) is 14.5 Å². The van der Waals surface area contributed by atoms with Crippen LogP contribution < -0.4 is 14.4 Å². The van der Waals surface area contributed by atoms with Crippen LogP contribution in [0.4, 0.5) is 5.82 Å². The minimum atomic E-state index is -1.02. The second-order valence-electron chi connectivity index (χ2n) is 7.08. The van der Waals surface area contributed by atoms with E-state index in [2.05, 4.69) is 21.1 Å². The first-order valence-electron chi connectivity index (χ1n) is 9.58. The van der Waals surface area contributed by atoms with Crippen LogP contribution in [0.3, 0.4) is 0 Å². The van der Waals surface area contributed by atoms with Crippen molar-refractivity contribution in [3.05, 3.63) is 75.5 Å². The van der Waals surface area contributed by atoms with Crippen molar-refractivity contribution in [1.82, 2.24) is 5.16 Å². The summed E-state index contributed by atoms with van der Waals surface area (Å²) in [6.07, 6.45) is 0. The van der Waals surface area contributed by atoms with Gasteiger partial charge in [-0.2, -0.15) is 0 Å². The lowest BCUT2D eigenvalue weighted by atomic mass is 9.94. The third-order valence-electron chi connectivity index (χ3n) is 5.16. The van der Waals surface area contributed by atoms with Gasteiger partial charge in [0.05, 0.1) is 19.8 Å². The maximum atomic E-state index is 13.2. The van der Waals surface area contributed by atoms with Crippen LogP contribution in [0.2, 0.25) is 0 Å². The third kappa shape index (κ3) is 3.64. The van der Waals surface area contributed by atoms with E-state index in [1.54, 1.807) is 55.5 Å². The lowest BCUT2D eigenvalue weighted by molar-refractivity contribution is -0.132. The normalized spacial score (nSPS) is 17.6. The predicted octanol–water partition coefficient (Wildman–Crippen LogP) is 4.39. The minimum Gasteiger partial charge on any atom is -0.507 e. The fraction of sp³-hybridized carbons (Fsp3) is 0.174. The van der Waals surface area contributed by atoms with E-state index in [4.69, 9.17) is 14.0 Å². The number of hydrogen-bond acceptors (Lipinski definition) is 7. The average Bonchev–Trinajstić information content (AvgIpc) is 3.33. The monoisotopic (exact) mass is 498 g/mol. The first-order valence-corrected chi connectivity index (χ1v) is 10.4. The van der Waals surface area contributed by atoms with Gasteiger partial charge in [0, 0.05) is 21.7 Å². The van der Waals surface area contributed by atoms with Gasteiger partial charge in [0.2, 0.25) is 0 Å². The molecule has 4 rings (SSSR count). The van der Waals surface area contributed by atoms with Crippen molar-refractivity contribution in [2.75, 3.05) is 19.1 Å². The Morgan fingerprint density at radius 2 is 1.81 bits per heavy atom. The van der Waals surface area contributed by atoms with Crippen molar-refractivity contribution in [2.24, 2.45) is 0 Å². The van der Waals surface area contributed by atoms with Crippen molar-refractivity contribution in [3.63, 3.8) is 0 Å². The van der Waals surface area contributed by atoms with Crippen LogP contribution >= 0.6 is 15.9 Å². The van der Waals surface area contributed by atoms with E-state index < -0.39 is 17.7 Å². The number of rotatable bonds is 5. The Kier molecular flexibility index (Phi) is 5.75. The third-order valence-corrected chi connectivity index (χ3v) is 5.68. The molecule has 1 aliphatic heterocycles. The van der Waals surface area contributed by atoms with Gasteiger partial charge in [-0.1, -0.05) is 33.2 Å². The van der Waals surface area contributed by atoms with E-state index in [-0.39, 0.29) is 17.2 Å². The maximum absolute atomic E-state index is 13.2. The Labute approximate surface area is 192 Å². The van der Waals surface area contributed by atoms with Gasteiger partial charge in [-0.25, -0.2) is 0 Å². The summed E-state index contributed by atoms with van der Waals surface area (Å²) >= 11 is 3.35. The van der Waals surface area contributed by atoms with Crippen molar-refractivity contribution in [3.8, 4) is 11.5 Å². The number of carbonyl (C=O) groups is 2. The highest BCUT2D eigenvalue weighted by Crippen LogP contribution is 2.45. The number of aromatic nitrogens is 1. The van der Waals surface area contributed by atoms with Gasteiger partial charge in [0.25, 0.3) is 5.78 Å². The van der Waals surface area contributed by atoms with Crippen molar-refractivity contribution < 1.29 is 28.7 Å². The van der Waals surface area contributed by atoms with Gasteiger partial charge >= 0.3 is 5.91 Å². The highest BCUT2D eigenvalue weighted by molar-refractivity contribution is 9.10. The second kappa shape index (κ2) is 8.51. The van der Waals surface area contributed by atoms with Crippen LogP contribution in [0, 0.1) is 6.92 Å². The summed E-state index contributed by atoms with van der Waals surface area (Å²) in [7, 11) is 2.98. The molecule has 0 radical (unpaired) electrons. The summed E-state index contributed by atoms with van der Waals surface area (Å²) in [5, 5.41) is 15.1. The summed E-state index contributed by atoms with van der Waals surface area (Å²) < 4.78 is 16.8. The van der Waals surface area contributed by atoms with Crippen LogP contribution in [0.5, 0.6) is 11.5 Å². The largest absolute Gasteiger partial charge is 0.507 e. The Morgan fingerprint density at radius 1 is 1.09 bits per heavy atom. The van der Waals surface area contributed by atoms with Gasteiger partial charge in [-0.15, -0.1) is 0 Å². The molecule has 0 bridgehead atoms. The number of aliphatic hydroxyl groups excluding tert-OH is 1. The van der Waals surface area contributed by atoms with Crippen LogP contribution in [-0.4, -0.2) is 36.2 Å². The average molecular weight is 499 g/mol. The smallest absolute Gasteiger partial charge is 0.301 e. The number of nitrogens with zero attached hydrogens (tertiary/aromatic N) is 2. The molecule has 0 unspecified atom stereocenters. The molecule has 3 aromatic rings. The molecule has 1 aliphatic rings. The predicted molar refractivity (Wildman–Crippen MR) is 120 cm³/mol. The molecule has 1 aromatic heterocycles. The van der Waals surface area contributed by atoms with Gasteiger partial charge in [-0.05, 0) is 37.3 Å². The van der Waals surface area contributed by atoms with Crippen molar-refractivity contribution >= 4 is 39.2 Å². The molecule has 8 nitrogen and oxygen atoms in total. The molecule has 0 saturated carbocycles. The highest BCUT2D eigenvalue weighted by Gasteiger charge is 2.49. The molecule has 164 valence electrons. The van der Waals surface area contributed by atoms with Crippen LogP contribution in [-0.2, 0) is 9.59 Å². The van der Waals surface area contributed by atoms with Gasteiger partial charge in [0.1, 0.15) is 29.1 Å². The molecular weight excluding hydrogens is 480 g/mol. The first-order chi connectivity index (χ1) is 15.3. The number of aryl methyl sites for hydroxylation is 1. The lowest BCUT2D eigenvalue weighted by Gasteiger charge is -2.24. The fourth-order valence-electron chi connectivity index (χ4n) is 3.65. The van der Waals surface area contributed by atoms with E-state index in [0.717, 1.165) is 4.47 Å². The number of Topliss-reactive ketones (excluding diaryl/α,β-unsaturated/α-hetero) is 1. The zero-order chi connectivity index (χ0) is 23.0. The molecule has 9 heteroatoms. The van der Waals surface area contributed by atoms with E-state index in [9.17, 15) is 14.7 Å². The SMILES string of the molecule is COc1ccc(OC)c([C@H]2C(=C(O)c3ccc(Br)cc3)C(=O)C(=O)N2c2cc(C)on2)c1. The number of ether oxygens (including phenoxy) is 2. The lowest BCUT2D eigenvalue weighted by Crippen LogP contribution is -2.30. The molecule has 1 atom stereocenters. The zero-order valence-electron chi connectivity index (χ0n) is 17.5. The van der Waals surface area contributed by atoms with E-state index >= 15 is 0 Å². The number of aliphatic hydroxyl groups is 1. The Bertz CT molecular complexity index is 1230. The summed E-state index contributed by atoms with van der Waals surface area (Å²) in [5.74, 6) is -0.488. The number of halogens is 1. The van der Waals surface area contributed by atoms with E-state index in [0.29, 0.717) is 28.4 Å². The second-order valence-corrected chi connectivity index (χ2v) is 8.00. The summed E-state index contributed by atoms with van der Waals surface area (Å²) in [6.45, 7) is 1.68. The number of carbonyl (C=O) groups excluding carboxylic acids is 2. The molecule has 1 N–H and O–H groups in total. The molecule has 2 heterocycles. The Morgan fingerprint density at radius 3 is 2.41 bits per heavy atom. The van der Waals surface area contributed by atoms with Crippen molar-refractivity contribution in [1.29, 1.82) is 0 Å². The molecule has 32 heavy (non-hydrogen) atoms. The van der Waals surface area contributed by atoms with E-state index in [1.807, 2.05) is 0 Å². The topological polar surface area (TPSA) is 102 Å². The fourth-order valence-corrected chi connectivity index (χ4v) is 3.91. The summed E-state index contributed by atoms with van der Waals surface area (Å²) in [5.41, 5.74) is 0.740. The van der Waals surface area contributed by atoms with Crippen LogP contribution in [0.25, 0.3) is 5.76 Å². The first kappa shape index (κ1) is 21.6. The number of ketones is 1. The minimum absolute atomic E-state index is 0.0930. The van der Waals surface area contributed by atoms with Gasteiger partial charge < -0.3 is 19.1 Å². The summed E-state index contributed by atoms with van der Waals surface area (Å²) in [6, 6.07) is 12.3. The van der Waals surface area contributed by atoms with E-state index in [1.165, 1.54) is 19.1 Å². The standard InChI is InChI=1S/C23H19BrN2O6/c1-12-10-18(25-32-12)26-20(16-11-15(30-2)8-9-17(16)31-3)19(22(28)23(26)29)21(27)13-4-6-14(24)7-5-13/h4-11,20,27H,1-3H3/t20-/m0/s1. The van der Waals surface area contributed by atoms with Gasteiger partial charge in [0.15, 0.2) is 5.82 Å². The molecule has 0 aliphatic carbocycles. The number of hydrogen-bond donors (Lipinski definition) is 1. The summed E-state index contributed by atoms with van der Waals surface area (Å²) in [4.78, 5) is 27.5. The number of anilines is 1. The zero-order valence-corrected chi connectivity index (χ0v) is 19.0. The quantitative estimate of drug-likeness (QED) is 0.316. The maximum Gasteiger partial charge on any atom is 0.301 e. The Hall–Kier alpha value is -3.59. The molecular formula is C23H19BrN2O6. The number of methoxy groups -OCH3 is 2. The highest BCUT2D eigenvalue weighted by atomic mass is 79.9. The molecule has 0 spiro atoms. The van der Waals surface area contributed by atoms with Crippen molar-refractivity contribution in [2.45, 2.75) is 13.0 Å². The van der Waals surface area contributed by atoms with Crippen LogP contribution in [0.15, 0.2) is 63.1 Å². The number of benzene rings is 2. The molecule has 2 aromatic carbocycles. The molecule has 1 saturated heterocycles.